The first kappa shape index (κ1) is 42.8. The molecule has 2 aliphatic heterocycles. The van der Waals surface area contributed by atoms with Gasteiger partial charge in [-0.2, -0.15) is 0 Å². The normalized spacial score (nSPS) is 18.3. The minimum atomic E-state index is -1.43. The third-order valence-corrected chi connectivity index (χ3v) is 9.27. The van der Waals surface area contributed by atoms with E-state index in [1.165, 1.54) is 15.9 Å². The van der Waals surface area contributed by atoms with Crippen molar-refractivity contribution in [2.75, 3.05) is 13.1 Å². The molecule has 1 aromatic rings. The van der Waals surface area contributed by atoms with Gasteiger partial charge in [-0.3, -0.25) is 28.8 Å². The smallest absolute Gasteiger partial charge is 0.408 e. The van der Waals surface area contributed by atoms with E-state index >= 15 is 0 Å². The van der Waals surface area contributed by atoms with Gasteiger partial charge < -0.3 is 25.4 Å². The number of benzene rings is 1. The highest BCUT2D eigenvalue weighted by Gasteiger charge is 2.37. The number of ketones is 1. The first-order valence-electron chi connectivity index (χ1n) is 17.3. The highest BCUT2D eigenvalue weighted by molar-refractivity contribution is 7.84. The quantitative estimate of drug-likeness (QED) is 0.304. The molecule has 14 nitrogen and oxygen atoms in total. The van der Waals surface area contributed by atoms with Gasteiger partial charge in [-0.1, -0.05) is 39.0 Å². The van der Waals surface area contributed by atoms with Crippen LogP contribution in [-0.2, 0) is 48.0 Å². The van der Waals surface area contributed by atoms with Gasteiger partial charge in [0.05, 0.1) is 11.8 Å². The van der Waals surface area contributed by atoms with E-state index in [9.17, 15) is 37.4 Å². The van der Waals surface area contributed by atoms with Crippen LogP contribution in [0, 0.1) is 5.82 Å². The van der Waals surface area contributed by atoms with Gasteiger partial charge in [-0.15, -0.1) is 0 Å². The maximum Gasteiger partial charge on any atom is 0.408 e. The van der Waals surface area contributed by atoms with E-state index in [4.69, 9.17) is 9.84 Å². The molecule has 51 heavy (non-hydrogen) atoms. The number of nitrogens with one attached hydrogen (secondary N) is 3. The summed E-state index contributed by atoms with van der Waals surface area (Å²) in [6.07, 6.45) is 6.62. The van der Waals surface area contributed by atoms with Gasteiger partial charge >= 0.3 is 12.2 Å². The highest BCUT2D eigenvalue weighted by Crippen LogP contribution is 2.25. The molecule has 16 heteroatoms. The van der Waals surface area contributed by atoms with Crippen molar-refractivity contribution in [1.82, 2.24) is 25.2 Å². The molecule has 1 aromatic carbocycles. The minimum Gasteiger partial charge on any atom is -0.465 e. The standard InChI is InChI=1S/C19H32N4O6S.C9H8FNO2.C5H6O.C2H6/c1-5-13(16(25)22-30(28)12-8-9-12)21-17(26)14-7-6-10-23(14)15(24)11-20-18(27)29-19(2,3)4;10-8-3-1-2-6-4-11(9(12)13)5-7(6)8;6-5-3-1-2-4-5;1-2/h12-14H,5-11H2,1-4H3,(H,20,27)(H,21,26)(H,22,25);1-3H,4-5H2,(H,12,13);1,3H,2,4H2;1-2H3. The first-order valence-corrected chi connectivity index (χ1v) is 18.5. The molecule has 1 saturated carbocycles. The maximum atomic E-state index is 13.1. The van der Waals surface area contributed by atoms with Gasteiger partial charge in [-0.05, 0) is 77.0 Å². The molecule has 2 heterocycles. The molecule has 1 saturated heterocycles. The predicted octanol–water partition coefficient (Wildman–Crippen LogP) is 4.09. The van der Waals surface area contributed by atoms with Crippen LogP contribution in [0.3, 0.4) is 0 Å². The lowest BCUT2D eigenvalue weighted by Gasteiger charge is -2.26. The van der Waals surface area contributed by atoms with Crippen LogP contribution in [0.4, 0.5) is 14.0 Å². The van der Waals surface area contributed by atoms with E-state index in [1.54, 1.807) is 45.9 Å². The Balaban J connectivity index is 0.000000346. The van der Waals surface area contributed by atoms with Crippen molar-refractivity contribution in [3.63, 3.8) is 0 Å². The summed E-state index contributed by atoms with van der Waals surface area (Å²) in [4.78, 5) is 72.6. The molecule has 0 spiro atoms. The fraction of sp³-hybridized carbons (Fsp3) is 0.600. The number of ether oxygens (including phenoxy) is 1. The Bertz CT molecular complexity index is 1460. The van der Waals surface area contributed by atoms with Gasteiger partial charge in [0.15, 0.2) is 5.78 Å². The third-order valence-electron chi connectivity index (χ3n) is 7.79. The van der Waals surface area contributed by atoms with E-state index in [2.05, 4.69) is 15.4 Å². The summed E-state index contributed by atoms with van der Waals surface area (Å²) < 4.78 is 32.6. The summed E-state index contributed by atoms with van der Waals surface area (Å²) in [5, 5.41) is 13.7. The van der Waals surface area contributed by atoms with Crippen LogP contribution < -0.4 is 15.4 Å². The topological polar surface area (TPSA) is 192 Å². The zero-order valence-electron chi connectivity index (χ0n) is 30.3. The van der Waals surface area contributed by atoms with E-state index < -0.39 is 58.6 Å². The van der Waals surface area contributed by atoms with Crippen LogP contribution in [0.1, 0.15) is 97.6 Å². The molecule has 0 radical (unpaired) electrons. The Labute approximate surface area is 301 Å². The number of halogens is 1. The van der Waals surface area contributed by atoms with Crippen LogP contribution in [0.15, 0.2) is 30.4 Å². The number of carbonyl (C=O) groups excluding carboxylic acids is 5. The fourth-order valence-corrected chi connectivity index (χ4v) is 6.17. The molecule has 5 amide bonds. The van der Waals surface area contributed by atoms with Crippen molar-refractivity contribution in [3.05, 3.63) is 47.3 Å². The highest BCUT2D eigenvalue weighted by atomic mass is 32.2. The Hall–Kier alpha value is -4.34. The Morgan fingerprint density at radius 3 is 2.29 bits per heavy atom. The number of rotatable bonds is 8. The van der Waals surface area contributed by atoms with Crippen LogP contribution in [0.25, 0.3) is 0 Å². The minimum absolute atomic E-state index is 0.00239. The molecule has 3 atom stereocenters. The number of hydrogen-bond donors (Lipinski definition) is 4. The Morgan fingerprint density at radius 2 is 1.78 bits per heavy atom. The van der Waals surface area contributed by atoms with Gasteiger partial charge in [0.1, 0.15) is 41.0 Å². The number of alkyl carbamates (subject to hydrolysis) is 1. The average Bonchev–Trinajstić information content (AvgIpc) is 3.40. The lowest BCUT2D eigenvalue weighted by Crippen LogP contribution is -2.54. The van der Waals surface area contributed by atoms with Crippen molar-refractivity contribution in [3.8, 4) is 0 Å². The second-order valence-electron chi connectivity index (χ2n) is 13.0. The average molecular weight is 738 g/mol. The van der Waals surface area contributed by atoms with Gasteiger partial charge in [0, 0.05) is 25.1 Å². The number of fused-ring (bicyclic) bond motifs is 1. The predicted molar refractivity (Wildman–Crippen MR) is 189 cm³/mol. The Morgan fingerprint density at radius 1 is 1.10 bits per heavy atom. The number of allylic oxidation sites excluding steroid dienone is 2. The molecular weight excluding hydrogens is 685 g/mol. The molecule has 2 aliphatic carbocycles. The molecule has 4 N–H and O–H groups in total. The number of carboxylic acid groups (broad SMARTS) is 1. The van der Waals surface area contributed by atoms with Crippen LogP contribution in [0.2, 0.25) is 0 Å². The lowest BCUT2D eigenvalue weighted by atomic mass is 10.1. The number of amides is 5. The van der Waals surface area contributed by atoms with E-state index in [0.29, 0.717) is 37.9 Å². The maximum absolute atomic E-state index is 13.1. The molecule has 5 rings (SSSR count). The summed E-state index contributed by atoms with van der Waals surface area (Å²) in [6.45, 7) is 11.5. The number of hydrogen-bond acceptors (Lipinski definition) is 8. The van der Waals surface area contributed by atoms with E-state index in [1.807, 2.05) is 19.9 Å². The van der Waals surface area contributed by atoms with Crippen molar-refractivity contribution in [2.24, 2.45) is 0 Å². The second-order valence-corrected chi connectivity index (χ2v) is 14.4. The second kappa shape index (κ2) is 20.5. The molecule has 2 fully saturated rings. The third kappa shape index (κ3) is 14.4. The summed E-state index contributed by atoms with van der Waals surface area (Å²) >= 11 is 0. The number of nitrogens with zero attached hydrogens (tertiary/aromatic N) is 2. The fourth-order valence-electron chi connectivity index (χ4n) is 5.10. The number of carbonyl (C=O) groups is 6. The van der Waals surface area contributed by atoms with Crippen LogP contribution in [0.5, 0.6) is 0 Å². The van der Waals surface area contributed by atoms with Gasteiger partial charge in [0.25, 0.3) is 5.91 Å². The van der Waals surface area contributed by atoms with Crippen molar-refractivity contribution >= 4 is 46.7 Å². The SMILES string of the molecule is CC.CCC(NC(=O)C1CCCN1C(=O)CNC(=O)OC(C)(C)C)C(=O)NS(=O)C1CC1.O=C(O)N1Cc2cccc(F)c2C1.O=C1C=CCC1. The zero-order chi connectivity index (χ0) is 38.3. The largest absolute Gasteiger partial charge is 0.465 e. The number of likely N-dealkylation sites (tertiary alicyclic amines) is 1. The summed E-state index contributed by atoms with van der Waals surface area (Å²) in [5.74, 6) is -1.36. The van der Waals surface area contributed by atoms with Crippen LogP contribution >= 0.6 is 0 Å². The zero-order valence-corrected chi connectivity index (χ0v) is 31.1. The van der Waals surface area contributed by atoms with Gasteiger partial charge in [-0.25, -0.2) is 18.2 Å². The molecule has 0 bridgehead atoms. The Kier molecular flexibility index (Phi) is 17.2. The lowest BCUT2D eigenvalue weighted by molar-refractivity contribution is -0.138. The van der Waals surface area contributed by atoms with Crippen molar-refractivity contribution in [2.45, 2.75) is 123 Å². The molecule has 4 aliphatic rings. The summed E-state index contributed by atoms with van der Waals surface area (Å²) in [6, 6.07) is 3.16. The van der Waals surface area contributed by atoms with Crippen molar-refractivity contribution < 1.29 is 47.2 Å². The van der Waals surface area contributed by atoms with E-state index in [0.717, 1.165) is 31.2 Å². The summed E-state index contributed by atoms with van der Waals surface area (Å²) in [7, 11) is -1.43. The van der Waals surface area contributed by atoms with E-state index in [-0.39, 0.29) is 29.9 Å². The van der Waals surface area contributed by atoms with Gasteiger partial charge in [0.2, 0.25) is 11.8 Å². The first-order chi connectivity index (χ1) is 24.1. The molecule has 0 aromatic heterocycles. The summed E-state index contributed by atoms with van der Waals surface area (Å²) in [5.41, 5.74) is 0.592. The monoisotopic (exact) mass is 737 g/mol. The molecule has 284 valence electrons. The molecule has 3 unspecified atom stereocenters. The molecular formula is C35H52FN5O9S. The van der Waals surface area contributed by atoms with Crippen LogP contribution in [-0.4, -0.2) is 90.8 Å². The van der Waals surface area contributed by atoms with Crippen molar-refractivity contribution in [1.29, 1.82) is 0 Å².